The van der Waals surface area contributed by atoms with Gasteiger partial charge in [-0.05, 0) is 24.1 Å². The topological polar surface area (TPSA) is 58.6 Å². The molecule has 0 aliphatic carbocycles. The van der Waals surface area contributed by atoms with Crippen LogP contribution in [0.5, 0.6) is 5.75 Å². The zero-order valence-electron chi connectivity index (χ0n) is 15.0. The predicted octanol–water partition coefficient (Wildman–Crippen LogP) is 2.54. The van der Waals surface area contributed by atoms with Gasteiger partial charge in [0.2, 0.25) is 11.8 Å². The van der Waals surface area contributed by atoms with Gasteiger partial charge in [-0.25, -0.2) is 4.39 Å². The summed E-state index contributed by atoms with van der Waals surface area (Å²) in [6.45, 7) is 1.73. The van der Waals surface area contributed by atoms with E-state index in [1.165, 1.54) is 17.9 Å². The molecule has 2 rings (SSSR count). The molecule has 0 saturated heterocycles. The lowest BCUT2D eigenvalue weighted by molar-refractivity contribution is -0.134. The fraction of sp³-hybridized carbons (Fsp3) is 0.300. The molecule has 5 nitrogen and oxygen atoms in total. The van der Waals surface area contributed by atoms with Crippen LogP contribution in [0.3, 0.4) is 0 Å². The summed E-state index contributed by atoms with van der Waals surface area (Å²) in [4.78, 5) is 25.2. The van der Waals surface area contributed by atoms with Crippen molar-refractivity contribution in [2.24, 2.45) is 0 Å². The monoisotopic (exact) mass is 358 g/mol. The molecule has 0 unspecified atom stereocenters. The first kappa shape index (κ1) is 19.4. The molecule has 138 valence electrons. The van der Waals surface area contributed by atoms with E-state index in [4.69, 9.17) is 4.74 Å². The molecule has 2 amide bonds. The maximum Gasteiger partial charge on any atom is 0.239 e. The first-order valence-corrected chi connectivity index (χ1v) is 8.38. The van der Waals surface area contributed by atoms with Gasteiger partial charge in [-0.15, -0.1) is 0 Å². The molecule has 0 aliphatic rings. The maximum atomic E-state index is 13.8. The van der Waals surface area contributed by atoms with Gasteiger partial charge < -0.3 is 15.0 Å². The van der Waals surface area contributed by atoms with E-state index in [1.807, 2.05) is 24.3 Å². The Morgan fingerprint density at radius 3 is 2.38 bits per heavy atom. The molecule has 1 N–H and O–H groups in total. The molecule has 0 saturated carbocycles. The van der Waals surface area contributed by atoms with E-state index >= 15 is 0 Å². The lowest BCUT2D eigenvalue weighted by Crippen LogP contribution is -2.40. The predicted molar refractivity (Wildman–Crippen MR) is 97.2 cm³/mol. The van der Waals surface area contributed by atoms with Gasteiger partial charge >= 0.3 is 0 Å². The fourth-order valence-electron chi connectivity index (χ4n) is 2.59. The van der Waals surface area contributed by atoms with E-state index in [0.717, 1.165) is 11.3 Å². The Morgan fingerprint density at radius 1 is 1.08 bits per heavy atom. The van der Waals surface area contributed by atoms with Gasteiger partial charge in [0.05, 0.1) is 13.7 Å². The molecule has 0 aromatic heterocycles. The summed E-state index contributed by atoms with van der Waals surface area (Å²) < 4.78 is 19.0. The summed E-state index contributed by atoms with van der Waals surface area (Å²) in [5.41, 5.74) is 1.37. The highest BCUT2D eigenvalue weighted by atomic mass is 19.1. The molecule has 2 aromatic carbocycles. The Balaban J connectivity index is 1.88. The number of halogens is 1. The van der Waals surface area contributed by atoms with Crippen LogP contribution in [0.1, 0.15) is 18.1 Å². The van der Waals surface area contributed by atoms with Crippen molar-refractivity contribution in [2.75, 3.05) is 20.2 Å². The summed E-state index contributed by atoms with van der Waals surface area (Å²) in [5, 5.41) is 2.79. The summed E-state index contributed by atoms with van der Waals surface area (Å²) in [7, 11) is 1.60. The average molecular weight is 358 g/mol. The highest BCUT2D eigenvalue weighted by Gasteiger charge is 2.15. The minimum Gasteiger partial charge on any atom is -0.496 e. The fourth-order valence-corrected chi connectivity index (χ4v) is 2.59. The van der Waals surface area contributed by atoms with Crippen LogP contribution < -0.4 is 10.1 Å². The number of benzene rings is 2. The van der Waals surface area contributed by atoms with Crippen molar-refractivity contribution in [3.63, 3.8) is 0 Å². The van der Waals surface area contributed by atoms with Crippen LogP contribution in [0.25, 0.3) is 0 Å². The van der Waals surface area contributed by atoms with E-state index in [-0.39, 0.29) is 24.9 Å². The number of amides is 2. The number of carbonyl (C=O) groups excluding carboxylic acids is 2. The molecule has 0 bridgehead atoms. The average Bonchev–Trinajstić information content (AvgIpc) is 2.63. The smallest absolute Gasteiger partial charge is 0.239 e. The molecule has 0 fully saturated rings. The number of hydrogen-bond acceptors (Lipinski definition) is 3. The number of hydrogen-bond donors (Lipinski definition) is 1. The number of nitrogens with one attached hydrogen (secondary N) is 1. The third kappa shape index (κ3) is 5.58. The number of nitrogens with zero attached hydrogens (tertiary/aromatic N) is 1. The first-order valence-electron chi connectivity index (χ1n) is 8.38. The van der Waals surface area contributed by atoms with Crippen LogP contribution in [0.2, 0.25) is 0 Å². The zero-order valence-corrected chi connectivity index (χ0v) is 15.0. The van der Waals surface area contributed by atoms with Crippen molar-refractivity contribution in [1.82, 2.24) is 10.2 Å². The molecular formula is C20H23FN2O3. The molecule has 0 atom stereocenters. The summed E-state index contributed by atoms with van der Waals surface area (Å²) in [6.07, 6.45) is 0.614. The van der Waals surface area contributed by atoms with Crippen molar-refractivity contribution in [1.29, 1.82) is 0 Å². The summed E-state index contributed by atoms with van der Waals surface area (Å²) in [6, 6.07) is 13.8. The highest BCUT2D eigenvalue weighted by Crippen LogP contribution is 2.17. The van der Waals surface area contributed by atoms with Crippen LogP contribution in [0, 0.1) is 5.82 Å². The second-order valence-corrected chi connectivity index (χ2v) is 5.88. The molecule has 0 aliphatic heterocycles. The van der Waals surface area contributed by atoms with Gasteiger partial charge in [-0.1, -0.05) is 36.4 Å². The van der Waals surface area contributed by atoms with E-state index in [2.05, 4.69) is 5.32 Å². The van der Waals surface area contributed by atoms with E-state index < -0.39 is 5.82 Å². The minimum absolute atomic E-state index is 0.0575. The molecular weight excluding hydrogens is 335 g/mol. The Morgan fingerprint density at radius 2 is 1.73 bits per heavy atom. The highest BCUT2D eigenvalue weighted by molar-refractivity contribution is 5.83. The molecule has 0 heterocycles. The van der Waals surface area contributed by atoms with Crippen LogP contribution in [0.4, 0.5) is 4.39 Å². The van der Waals surface area contributed by atoms with Crippen molar-refractivity contribution in [3.05, 3.63) is 65.5 Å². The third-order valence-electron chi connectivity index (χ3n) is 4.01. The third-order valence-corrected chi connectivity index (χ3v) is 4.01. The summed E-state index contributed by atoms with van der Waals surface area (Å²) >= 11 is 0. The molecule has 6 heteroatoms. The number of carbonyl (C=O) groups is 2. The minimum atomic E-state index is -0.393. The number of ether oxygens (including phenoxy) is 1. The van der Waals surface area contributed by atoms with Crippen molar-refractivity contribution < 1.29 is 18.7 Å². The van der Waals surface area contributed by atoms with Crippen molar-refractivity contribution >= 4 is 11.8 Å². The van der Waals surface area contributed by atoms with E-state index in [9.17, 15) is 14.0 Å². The van der Waals surface area contributed by atoms with E-state index in [0.29, 0.717) is 18.5 Å². The maximum absolute atomic E-state index is 13.8. The van der Waals surface area contributed by atoms with Gasteiger partial charge in [0.25, 0.3) is 0 Å². The summed E-state index contributed by atoms with van der Waals surface area (Å²) in [5.74, 6) is -0.193. The number of methoxy groups -OCH3 is 1. The van der Waals surface area contributed by atoms with Crippen molar-refractivity contribution in [3.8, 4) is 5.75 Å². The SMILES string of the molecule is COc1ccccc1CCNC(=O)CN(Cc1ccccc1F)C(C)=O. The quantitative estimate of drug-likeness (QED) is 0.789. The first-order chi connectivity index (χ1) is 12.5. The van der Waals surface area contributed by atoms with E-state index in [1.54, 1.807) is 25.3 Å². The van der Waals surface area contributed by atoms with Gasteiger partial charge in [-0.3, -0.25) is 9.59 Å². The van der Waals surface area contributed by atoms with Gasteiger partial charge in [0.1, 0.15) is 11.6 Å². The lowest BCUT2D eigenvalue weighted by atomic mass is 10.1. The van der Waals surface area contributed by atoms with Crippen LogP contribution >= 0.6 is 0 Å². The van der Waals surface area contributed by atoms with Gasteiger partial charge in [0, 0.05) is 25.6 Å². The normalized spacial score (nSPS) is 10.3. The zero-order chi connectivity index (χ0) is 18.9. The van der Waals surface area contributed by atoms with Crippen molar-refractivity contribution in [2.45, 2.75) is 19.9 Å². The molecule has 26 heavy (non-hydrogen) atoms. The standard InChI is InChI=1S/C20H23FN2O3/c1-15(24)23(13-17-8-3-5-9-18(17)21)14-20(25)22-12-11-16-7-4-6-10-19(16)26-2/h3-10H,11-14H2,1-2H3,(H,22,25). The Hall–Kier alpha value is -2.89. The molecule has 0 spiro atoms. The number of para-hydroxylation sites is 1. The Kier molecular flexibility index (Phi) is 7.14. The number of rotatable bonds is 8. The largest absolute Gasteiger partial charge is 0.496 e. The van der Waals surface area contributed by atoms with Crippen LogP contribution in [-0.2, 0) is 22.6 Å². The second-order valence-electron chi connectivity index (χ2n) is 5.88. The van der Waals surface area contributed by atoms with Gasteiger partial charge in [0.15, 0.2) is 0 Å². The van der Waals surface area contributed by atoms with Gasteiger partial charge in [-0.2, -0.15) is 0 Å². The Bertz CT molecular complexity index is 764. The van der Waals surface area contributed by atoms with Crippen LogP contribution in [0.15, 0.2) is 48.5 Å². The second kappa shape index (κ2) is 9.56. The molecule has 2 aromatic rings. The lowest BCUT2D eigenvalue weighted by Gasteiger charge is -2.21. The molecule has 0 radical (unpaired) electrons. The van der Waals surface area contributed by atoms with Crippen LogP contribution in [-0.4, -0.2) is 36.9 Å². The Labute approximate surface area is 152 Å².